The van der Waals surface area contributed by atoms with E-state index >= 15 is 0 Å². The van der Waals surface area contributed by atoms with E-state index in [4.69, 9.17) is 39.1 Å². The number of anilines is 1. The maximum Gasteiger partial charge on any atom is 0.415 e. The molecule has 3 aromatic carbocycles. The summed E-state index contributed by atoms with van der Waals surface area (Å²) in [4.78, 5) is 15.1. The number of ether oxygens (including phenoxy) is 2. The summed E-state index contributed by atoms with van der Waals surface area (Å²) in [5, 5.41) is 4.92. The fraction of sp³-hybridized carbons (Fsp3) is 0.222. The van der Waals surface area contributed by atoms with Gasteiger partial charge in [0.05, 0.1) is 12.1 Å². The van der Waals surface area contributed by atoms with E-state index in [9.17, 15) is 4.79 Å². The van der Waals surface area contributed by atoms with Gasteiger partial charge >= 0.3 is 6.09 Å². The molecule has 2 aliphatic rings. The maximum absolute atomic E-state index is 13.3. The Labute approximate surface area is 208 Å². The summed E-state index contributed by atoms with van der Waals surface area (Å²) in [7, 11) is 0. The number of hydrogen-bond acceptors (Lipinski definition) is 4. The van der Waals surface area contributed by atoms with Crippen LogP contribution in [-0.4, -0.2) is 30.2 Å². The smallest absolute Gasteiger partial charge is 0.415 e. The van der Waals surface area contributed by atoms with Crippen molar-refractivity contribution in [2.24, 2.45) is 0 Å². The van der Waals surface area contributed by atoms with Crippen molar-refractivity contribution in [1.29, 1.82) is 0 Å². The zero-order valence-electron chi connectivity index (χ0n) is 18.2. The predicted molar refractivity (Wildman–Crippen MR) is 134 cm³/mol. The van der Waals surface area contributed by atoms with Gasteiger partial charge in [0.1, 0.15) is 18.1 Å². The number of likely N-dealkylation sites (tertiary alicyclic amines) is 1. The van der Waals surface area contributed by atoms with E-state index in [0.717, 1.165) is 17.7 Å². The fourth-order valence-electron chi connectivity index (χ4n) is 4.83. The van der Waals surface area contributed by atoms with Gasteiger partial charge in [-0.3, -0.25) is 4.90 Å². The Hall–Kier alpha value is -3.33. The van der Waals surface area contributed by atoms with E-state index in [0.29, 0.717) is 28.1 Å². The number of halogens is 2. The summed E-state index contributed by atoms with van der Waals surface area (Å²) >= 11 is 12.3. The first-order valence-corrected chi connectivity index (χ1v) is 11.8. The summed E-state index contributed by atoms with van der Waals surface area (Å²) in [5.41, 5.74) is 3.20. The van der Waals surface area contributed by atoms with Crippen LogP contribution in [0, 0.1) is 12.3 Å². The molecule has 0 aliphatic carbocycles. The molecule has 1 N–H and O–H groups in total. The van der Waals surface area contributed by atoms with Crippen LogP contribution in [0.25, 0.3) is 0 Å². The van der Waals surface area contributed by atoms with Crippen LogP contribution in [0.4, 0.5) is 10.5 Å². The van der Waals surface area contributed by atoms with Gasteiger partial charge in [0.2, 0.25) is 0 Å². The molecule has 3 atom stereocenters. The molecule has 172 valence electrons. The summed E-state index contributed by atoms with van der Waals surface area (Å²) in [6.45, 7) is 0.742. The van der Waals surface area contributed by atoms with Gasteiger partial charge in [0.25, 0.3) is 0 Å². The number of terminal acetylenes is 1. The number of amides is 1. The molecule has 34 heavy (non-hydrogen) atoms. The summed E-state index contributed by atoms with van der Waals surface area (Å²) in [6, 6.07) is 20.1. The van der Waals surface area contributed by atoms with Crippen molar-refractivity contribution >= 4 is 35.0 Å². The summed E-state index contributed by atoms with van der Waals surface area (Å²) < 4.78 is 11.2. The van der Waals surface area contributed by atoms with Crippen LogP contribution < -0.4 is 14.8 Å². The molecule has 0 saturated carbocycles. The summed E-state index contributed by atoms with van der Waals surface area (Å²) in [6.07, 6.45) is 5.68. The third-order valence-electron chi connectivity index (χ3n) is 6.32. The molecule has 2 aliphatic heterocycles. The molecule has 1 amide bonds. The average molecular weight is 493 g/mol. The SMILES string of the molecule is C#CCOc1ccc([C@H]2C3Nc4ccc(Cl)cc4C3CCN2C(=O)Oc2ccc(Cl)cc2)cc1. The second-order valence-electron chi connectivity index (χ2n) is 8.32. The molecule has 0 aromatic heterocycles. The first kappa shape index (κ1) is 22.5. The number of nitrogens with one attached hydrogen (secondary N) is 1. The Kier molecular flexibility index (Phi) is 6.28. The van der Waals surface area contributed by atoms with Crippen LogP contribution in [0.3, 0.4) is 0 Å². The van der Waals surface area contributed by atoms with Gasteiger partial charge in [-0.2, -0.15) is 0 Å². The molecule has 5 rings (SSSR count). The Balaban J connectivity index is 1.46. The van der Waals surface area contributed by atoms with E-state index in [1.807, 2.05) is 42.5 Å². The molecule has 7 heteroatoms. The van der Waals surface area contributed by atoms with Crippen LogP contribution in [0.2, 0.25) is 10.0 Å². The maximum atomic E-state index is 13.3. The van der Waals surface area contributed by atoms with E-state index < -0.39 is 6.09 Å². The largest absolute Gasteiger partial charge is 0.481 e. The number of hydrogen-bond donors (Lipinski definition) is 1. The number of fused-ring (bicyclic) bond motifs is 3. The third kappa shape index (κ3) is 4.40. The minimum Gasteiger partial charge on any atom is -0.481 e. The monoisotopic (exact) mass is 492 g/mol. The molecule has 0 spiro atoms. The Bertz CT molecular complexity index is 1240. The van der Waals surface area contributed by atoms with Gasteiger partial charge in [0.15, 0.2) is 0 Å². The van der Waals surface area contributed by atoms with E-state index in [1.165, 1.54) is 5.56 Å². The highest BCUT2D eigenvalue weighted by molar-refractivity contribution is 6.31. The van der Waals surface area contributed by atoms with Crippen LogP contribution >= 0.6 is 23.2 Å². The molecule has 5 nitrogen and oxygen atoms in total. The predicted octanol–water partition coefficient (Wildman–Crippen LogP) is 6.53. The van der Waals surface area contributed by atoms with Crippen molar-refractivity contribution in [2.45, 2.75) is 24.4 Å². The standard InChI is InChI=1S/C27H22Cl2N2O3/c1-2-15-33-20-8-3-17(4-9-20)26-25-22(23-16-19(29)7-12-24(23)30-25)13-14-31(26)27(32)34-21-10-5-18(28)6-11-21/h1,3-12,16,22,25-26,30H,13-15H2/t22?,25?,26-/m0/s1. The zero-order chi connectivity index (χ0) is 23.7. The number of carbonyl (C=O) groups excluding carboxylic acids is 1. The van der Waals surface area contributed by atoms with Crippen LogP contribution in [0.5, 0.6) is 11.5 Å². The molecular weight excluding hydrogens is 471 g/mol. The third-order valence-corrected chi connectivity index (χ3v) is 6.81. The highest BCUT2D eigenvalue weighted by Gasteiger charge is 2.46. The Morgan fingerprint density at radius 3 is 2.47 bits per heavy atom. The average Bonchev–Trinajstić information content (AvgIpc) is 3.21. The lowest BCUT2D eigenvalue weighted by atomic mass is 9.81. The minimum absolute atomic E-state index is 0.0301. The van der Waals surface area contributed by atoms with Crippen molar-refractivity contribution in [2.75, 3.05) is 18.5 Å². The molecule has 1 fully saturated rings. The van der Waals surface area contributed by atoms with Crippen molar-refractivity contribution in [1.82, 2.24) is 4.90 Å². The van der Waals surface area contributed by atoms with Gasteiger partial charge in [-0.05, 0) is 72.1 Å². The molecule has 0 radical (unpaired) electrons. The molecule has 1 saturated heterocycles. The number of benzene rings is 3. The van der Waals surface area contributed by atoms with Gasteiger partial charge in [0, 0.05) is 28.2 Å². The number of nitrogens with zero attached hydrogens (tertiary/aromatic N) is 1. The van der Waals surface area contributed by atoms with Crippen LogP contribution in [0.1, 0.15) is 29.5 Å². The van der Waals surface area contributed by atoms with Gasteiger partial charge < -0.3 is 14.8 Å². The Morgan fingerprint density at radius 2 is 1.74 bits per heavy atom. The Morgan fingerprint density at radius 1 is 1.03 bits per heavy atom. The lowest BCUT2D eigenvalue weighted by Crippen LogP contribution is -2.50. The molecule has 2 heterocycles. The van der Waals surface area contributed by atoms with Crippen LogP contribution in [-0.2, 0) is 0 Å². The normalized spacial score (nSPS) is 20.5. The van der Waals surface area contributed by atoms with Crippen molar-refractivity contribution in [3.63, 3.8) is 0 Å². The van der Waals surface area contributed by atoms with Crippen molar-refractivity contribution in [3.8, 4) is 23.8 Å². The van der Waals surface area contributed by atoms with E-state index in [2.05, 4.69) is 11.2 Å². The second-order valence-corrected chi connectivity index (χ2v) is 9.19. The number of rotatable bonds is 4. The highest BCUT2D eigenvalue weighted by atomic mass is 35.5. The quantitative estimate of drug-likeness (QED) is 0.420. The molecule has 2 unspecified atom stereocenters. The zero-order valence-corrected chi connectivity index (χ0v) is 19.7. The van der Waals surface area contributed by atoms with Gasteiger partial charge in [-0.15, -0.1) is 6.42 Å². The number of carbonyl (C=O) groups is 1. The molecule has 3 aromatic rings. The first-order valence-electron chi connectivity index (χ1n) is 11.0. The van der Waals surface area contributed by atoms with Crippen LogP contribution in [0.15, 0.2) is 66.7 Å². The second kappa shape index (κ2) is 9.50. The first-order chi connectivity index (χ1) is 16.5. The van der Waals surface area contributed by atoms with Gasteiger partial charge in [-0.25, -0.2) is 4.79 Å². The fourth-order valence-corrected chi connectivity index (χ4v) is 5.14. The van der Waals surface area contributed by atoms with E-state index in [-0.39, 0.29) is 24.6 Å². The summed E-state index contributed by atoms with van der Waals surface area (Å²) in [5.74, 6) is 3.81. The van der Waals surface area contributed by atoms with E-state index in [1.54, 1.807) is 29.2 Å². The van der Waals surface area contributed by atoms with Crippen molar-refractivity contribution < 1.29 is 14.3 Å². The lowest BCUT2D eigenvalue weighted by Gasteiger charge is -2.42. The topological polar surface area (TPSA) is 50.8 Å². The minimum atomic E-state index is -0.408. The van der Waals surface area contributed by atoms with Gasteiger partial charge in [-0.1, -0.05) is 41.3 Å². The molecular formula is C27H22Cl2N2O3. The van der Waals surface area contributed by atoms with Crippen molar-refractivity contribution in [3.05, 3.63) is 87.9 Å². The lowest BCUT2D eigenvalue weighted by molar-refractivity contribution is 0.102. The number of piperidine rings is 1. The highest BCUT2D eigenvalue weighted by Crippen LogP contribution is 2.48. The molecule has 0 bridgehead atoms.